The van der Waals surface area contributed by atoms with Crippen molar-refractivity contribution in [3.05, 3.63) is 120 Å². The van der Waals surface area contributed by atoms with Crippen LogP contribution in [0.4, 0.5) is 18.9 Å². The molecule has 53 heavy (non-hydrogen) atoms. The van der Waals surface area contributed by atoms with E-state index in [1.807, 2.05) is 34.7 Å². The number of ether oxygens (including phenoxy) is 2. The zero-order valence-electron chi connectivity index (χ0n) is 28.3. The van der Waals surface area contributed by atoms with Crippen molar-refractivity contribution < 1.29 is 35.9 Å². The lowest BCUT2D eigenvalue weighted by Gasteiger charge is -2.34. The van der Waals surface area contributed by atoms with Crippen LogP contribution in [-0.2, 0) is 23.6 Å². The minimum atomic E-state index is -4.39. The summed E-state index contributed by atoms with van der Waals surface area (Å²) in [5, 5.41) is 2.86. The fourth-order valence-electron chi connectivity index (χ4n) is 6.19. The van der Waals surface area contributed by atoms with Gasteiger partial charge in [0.05, 0.1) is 22.3 Å². The summed E-state index contributed by atoms with van der Waals surface area (Å²) in [7, 11) is -2.07. The molecule has 0 radical (unpaired) electrons. The molecule has 0 aliphatic carbocycles. The molecule has 6 aromatic rings. The molecule has 10 nitrogen and oxygen atoms in total. The van der Waals surface area contributed by atoms with E-state index in [2.05, 4.69) is 14.6 Å². The van der Waals surface area contributed by atoms with Crippen molar-refractivity contribution in [2.75, 3.05) is 37.5 Å². The molecular weight excluding hydrogens is 731 g/mol. The largest absolute Gasteiger partial charge is 0.484 e. The number of halogens is 4. The predicted octanol–water partition coefficient (Wildman–Crippen LogP) is 7.87. The summed E-state index contributed by atoms with van der Waals surface area (Å²) in [4.78, 5) is 22.0. The Morgan fingerprint density at radius 3 is 2.36 bits per heavy atom. The Bertz CT molecular complexity index is 2400. The Balaban J connectivity index is 0.948. The number of nitrogens with one attached hydrogen (secondary N) is 1. The van der Waals surface area contributed by atoms with Crippen LogP contribution >= 0.6 is 11.6 Å². The average Bonchev–Trinajstić information content (AvgIpc) is 3.47. The average molecular weight is 764 g/mol. The Kier molecular flexibility index (Phi) is 9.94. The van der Waals surface area contributed by atoms with E-state index < -0.39 is 22.8 Å². The lowest BCUT2D eigenvalue weighted by atomic mass is 10.1. The highest BCUT2D eigenvalue weighted by Crippen LogP contribution is 2.30. The van der Waals surface area contributed by atoms with Gasteiger partial charge in [-0.05, 0) is 65.5 Å². The number of fused-ring (bicyclic) bond motifs is 2. The van der Waals surface area contributed by atoms with E-state index in [0.29, 0.717) is 54.6 Å². The SMILES string of the molecule is Cn1c(C(=O)N2CCN(Cc3ccc(OCC(F)(F)F)cc3)CC2)cc2ccc(Oc3ccc(NS(=O)(=O)c4ccc5c(Cl)cccc5c4)cn3)cc21. The molecule has 0 bridgehead atoms. The van der Waals surface area contributed by atoms with Crippen molar-refractivity contribution in [3.8, 4) is 17.4 Å². The van der Waals surface area contributed by atoms with Crippen molar-refractivity contribution in [2.24, 2.45) is 7.05 Å². The van der Waals surface area contributed by atoms with Crippen molar-refractivity contribution in [2.45, 2.75) is 17.6 Å². The maximum atomic E-state index is 13.6. The van der Waals surface area contributed by atoms with Crippen molar-refractivity contribution >= 4 is 54.9 Å². The number of carbonyl (C=O) groups excluding carboxylic acids is 1. The summed E-state index contributed by atoms with van der Waals surface area (Å²) >= 11 is 6.22. The second-order valence-electron chi connectivity index (χ2n) is 12.6. The molecule has 3 heterocycles. The molecule has 0 atom stereocenters. The van der Waals surface area contributed by atoms with Gasteiger partial charge in [-0.1, -0.05) is 41.9 Å². The van der Waals surface area contributed by atoms with E-state index in [0.717, 1.165) is 21.9 Å². The molecule has 274 valence electrons. The first-order valence-electron chi connectivity index (χ1n) is 16.6. The molecule has 1 fully saturated rings. The summed E-state index contributed by atoms with van der Waals surface area (Å²) in [6, 6.07) is 27.0. The number of hydrogen-bond acceptors (Lipinski definition) is 7. The van der Waals surface area contributed by atoms with Gasteiger partial charge in [0.25, 0.3) is 15.9 Å². The van der Waals surface area contributed by atoms with E-state index in [-0.39, 0.29) is 28.1 Å². The van der Waals surface area contributed by atoms with Crippen molar-refractivity contribution in [3.63, 3.8) is 0 Å². The third-order valence-corrected chi connectivity index (χ3v) is 10.7. The molecule has 2 aromatic heterocycles. The minimum absolute atomic E-state index is 0.0895. The van der Waals surface area contributed by atoms with Gasteiger partial charge in [0, 0.05) is 67.7 Å². The summed E-state index contributed by atoms with van der Waals surface area (Å²) in [5.41, 5.74) is 2.52. The van der Waals surface area contributed by atoms with Crippen LogP contribution in [0.1, 0.15) is 16.1 Å². The van der Waals surface area contributed by atoms with Crippen molar-refractivity contribution in [1.82, 2.24) is 19.4 Å². The zero-order valence-corrected chi connectivity index (χ0v) is 29.9. The van der Waals surface area contributed by atoms with Crippen LogP contribution in [0.3, 0.4) is 0 Å². The number of alkyl halides is 3. The van der Waals surface area contributed by atoms with Gasteiger partial charge in [0.1, 0.15) is 17.2 Å². The van der Waals surface area contributed by atoms with E-state index in [1.54, 1.807) is 60.7 Å². The normalized spacial score (nSPS) is 14.1. The molecule has 1 aliphatic rings. The Hall–Kier alpha value is -5.31. The Morgan fingerprint density at radius 2 is 1.64 bits per heavy atom. The summed E-state index contributed by atoms with van der Waals surface area (Å²) in [5.74, 6) is 0.807. The lowest BCUT2D eigenvalue weighted by Crippen LogP contribution is -2.48. The van der Waals surface area contributed by atoms with E-state index in [9.17, 15) is 26.4 Å². The highest BCUT2D eigenvalue weighted by Gasteiger charge is 2.28. The van der Waals surface area contributed by atoms with Crippen LogP contribution in [0.25, 0.3) is 21.7 Å². The molecule has 1 amide bonds. The smallest absolute Gasteiger partial charge is 0.422 e. The molecule has 4 aromatic carbocycles. The number of sulfonamides is 1. The molecule has 0 spiro atoms. The number of hydrogen-bond donors (Lipinski definition) is 1. The van der Waals surface area contributed by atoms with E-state index in [4.69, 9.17) is 21.1 Å². The number of aromatic nitrogens is 2. The van der Waals surface area contributed by atoms with Gasteiger partial charge in [-0.25, -0.2) is 13.4 Å². The minimum Gasteiger partial charge on any atom is -0.484 e. The molecule has 0 saturated carbocycles. The van der Waals surface area contributed by atoms with Gasteiger partial charge >= 0.3 is 6.18 Å². The summed E-state index contributed by atoms with van der Waals surface area (Å²) in [6.45, 7) is 1.61. The fourth-order valence-corrected chi connectivity index (χ4v) is 7.51. The topological polar surface area (TPSA) is 106 Å². The number of aryl methyl sites for hydroxylation is 1. The molecule has 1 N–H and O–H groups in total. The second kappa shape index (κ2) is 14.6. The monoisotopic (exact) mass is 763 g/mol. The molecule has 0 unspecified atom stereocenters. The quantitative estimate of drug-likeness (QED) is 0.151. The van der Waals surface area contributed by atoms with E-state index >= 15 is 0 Å². The maximum Gasteiger partial charge on any atom is 0.422 e. The third kappa shape index (κ3) is 8.35. The standard InChI is InChI=1S/C38H33ClF3N5O5S/c1-45-34-21-30(52-36-14-8-28(22-43-36)44-53(49,50)31-12-13-32-26(19-31)3-2-4-33(32)39)11-7-27(34)20-35(45)37(48)47-17-15-46(16-18-47)23-25-5-9-29(10-6-25)51-24-38(40,41)42/h2-14,19-22,44H,15-18,23-24H2,1H3. The highest BCUT2D eigenvalue weighted by atomic mass is 35.5. The number of anilines is 1. The first kappa shape index (κ1) is 36.1. The van der Waals surface area contributed by atoms with Crippen LogP contribution in [-0.4, -0.2) is 72.6 Å². The van der Waals surface area contributed by atoms with E-state index in [1.165, 1.54) is 24.4 Å². The Morgan fingerprint density at radius 1 is 0.887 bits per heavy atom. The van der Waals surface area contributed by atoms with Gasteiger partial charge in [0.15, 0.2) is 6.61 Å². The highest BCUT2D eigenvalue weighted by molar-refractivity contribution is 7.92. The number of piperazine rings is 1. The first-order valence-corrected chi connectivity index (χ1v) is 18.4. The lowest BCUT2D eigenvalue weighted by molar-refractivity contribution is -0.153. The number of carbonyl (C=O) groups is 1. The molecular formula is C38H33ClF3N5O5S. The van der Waals surface area contributed by atoms with Crippen LogP contribution in [0.5, 0.6) is 17.4 Å². The van der Waals surface area contributed by atoms with Crippen molar-refractivity contribution in [1.29, 1.82) is 0 Å². The van der Waals surface area contributed by atoms with Gasteiger partial charge < -0.3 is 18.9 Å². The van der Waals surface area contributed by atoms with Crippen LogP contribution in [0.2, 0.25) is 5.02 Å². The van der Waals surface area contributed by atoms with Gasteiger partial charge in [0.2, 0.25) is 5.88 Å². The number of pyridine rings is 1. The van der Waals surface area contributed by atoms with Gasteiger partial charge in [-0.15, -0.1) is 0 Å². The van der Waals surface area contributed by atoms with Crippen LogP contribution < -0.4 is 14.2 Å². The second-order valence-corrected chi connectivity index (χ2v) is 14.7. The number of amides is 1. The first-order chi connectivity index (χ1) is 25.3. The van der Waals surface area contributed by atoms with Crippen LogP contribution in [0.15, 0.2) is 108 Å². The van der Waals surface area contributed by atoms with Crippen LogP contribution in [0, 0.1) is 0 Å². The third-order valence-electron chi connectivity index (χ3n) is 8.95. The Labute approximate surface area is 308 Å². The predicted molar refractivity (Wildman–Crippen MR) is 196 cm³/mol. The van der Waals surface area contributed by atoms with Gasteiger partial charge in [-0.3, -0.25) is 14.4 Å². The number of benzene rings is 4. The summed E-state index contributed by atoms with van der Waals surface area (Å²) < 4.78 is 78.6. The summed E-state index contributed by atoms with van der Waals surface area (Å²) in [6.07, 6.45) is -3.02. The molecule has 1 saturated heterocycles. The number of rotatable bonds is 10. The molecule has 15 heteroatoms. The molecule has 1 aliphatic heterocycles. The maximum absolute atomic E-state index is 13.6. The molecule has 7 rings (SSSR count). The zero-order chi connectivity index (χ0) is 37.3. The van der Waals surface area contributed by atoms with Gasteiger partial charge in [-0.2, -0.15) is 13.2 Å². The number of nitrogens with zero attached hydrogens (tertiary/aromatic N) is 4. The fraction of sp³-hybridized carbons (Fsp3) is 0.211.